The van der Waals surface area contributed by atoms with Gasteiger partial charge in [0.05, 0.1) is 13.2 Å². The van der Waals surface area contributed by atoms with E-state index in [1.54, 1.807) is 0 Å². The van der Waals surface area contributed by atoms with Crippen LogP contribution in [-0.4, -0.2) is 38.8 Å². The smallest absolute Gasteiger partial charge is 0.262 e. The molecule has 3 rings (SSSR count). The standard InChI is InChI=1S/C20H24N2O3/c1-15-11-16(2)13-19(12-15)25-14-20(23)21-17-3-5-18(6-4-17)22-7-9-24-10-8-22/h3-6,11-13H,7-10,14H2,1-2H3,(H,21,23). The first kappa shape index (κ1) is 17.3. The fraction of sp³-hybridized carbons (Fsp3) is 0.350. The van der Waals surface area contributed by atoms with E-state index < -0.39 is 0 Å². The summed E-state index contributed by atoms with van der Waals surface area (Å²) < 4.78 is 10.9. The molecule has 1 fully saturated rings. The number of aryl methyl sites for hydroxylation is 2. The zero-order valence-electron chi connectivity index (χ0n) is 14.7. The van der Waals surface area contributed by atoms with E-state index in [1.807, 2.05) is 50.2 Å². The number of carbonyl (C=O) groups excluding carboxylic acids is 1. The van der Waals surface area contributed by atoms with Gasteiger partial charge in [0.2, 0.25) is 0 Å². The van der Waals surface area contributed by atoms with Crippen molar-refractivity contribution >= 4 is 17.3 Å². The third kappa shape index (κ3) is 4.97. The van der Waals surface area contributed by atoms with Gasteiger partial charge in [0.25, 0.3) is 5.91 Å². The minimum atomic E-state index is -0.168. The summed E-state index contributed by atoms with van der Waals surface area (Å²) >= 11 is 0. The highest BCUT2D eigenvalue weighted by molar-refractivity contribution is 5.92. The number of hydrogen-bond acceptors (Lipinski definition) is 4. The molecule has 0 saturated carbocycles. The van der Waals surface area contributed by atoms with Gasteiger partial charge in [-0.1, -0.05) is 6.07 Å². The fourth-order valence-electron chi connectivity index (χ4n) is 2.94. The molecule has 1 amide bonds. The predicted octanol–water partition coefficient (Wildman–Crippen LogP) is 3.16. The number of anilines is 2. The van der Waals surface area contributed by atoms with Gasteiger partial charge in [-0.25, -0.2) is 0 Å². The molecule has 0 bridgehead atoms. The average Bonchev–Trinajstić information content (AvgIpc) is 2.61. The Labute approximate surface area is 148 Å². The number of amides is 1. The fourth-order valence-corrected chi connectivity index (χ4v) is 2.94. The van der Waals surface area contributed by atoms with Crippen molar-refractivity contribution in [1.29, 1.82) is 0 Å². The summed E-state index contributed by atoms with van der Waals surface area (Å²) in [5.41, 5.74) is 4.15. The van der Waals surface area contributed by atoms with Gasteiger partial charge in [-0.05, 0) is 61.4 Å². The van der Waals surface area contributed by atoms with E-state index in [0.29, 0.717) is 0 Å². The molecule has 0 aromatic heterocycles. The number of ether oxygens (including phenoxy) is 2. The average molecular weight is 340 g/mol. The lowest BCUT2D eigenvalue weighted by molar-refractivity contribution is -0.118. The van der Waals surface area contributed by atoms with Gasteiger partial charge in [-0.2, -0.15) is 0 Å². The van der Waals surface area contributed by atoms with Crippen LogP contribution in [0.2, 0.25) is 0 Å². The van der Waals surface area contributed by atoms with E-state index in [0.717, 1.165) is 54.6 Å². The van der Waals surface area contributed by atoms with E-state index in [-0.39, 0.29) is 12.5 Å². The van der Waals surface area contributed by atoms with Crippen molar-refractivity contribution in [3.8, 4) is 5.75 Å². The van der Waals surface area contributed by atoms with Crippen molar-refractivity contribution in [2.45, 2.75) is 13.8 Å². The largest absolute Gasteiger partial charge is 0.484 e. The molecule has 2 aromatic carbocycles. The van der Waals surface area contributed by atoms with Gasteiger partial charge in [-0.3, -0.25) is 4.79 Å². The van der Waals surface area contributed by atoms with Crippen LogP contribution in [0.25, 0.3) is 0 Å². The van der Waals surface area contributed by atoms with E-state index >= 15 is 0 Å². The molecular formula is C20H24N2O3. The molecule has 1 N–H and O–H groups in total. The van der Waals surface area contributed by atoms with Crippen molar-refractivity contribution in [1.82, 2.24) is 0 Å². The normalized spacial score (nSPS) is 14.2. The second kappa shape index (κ2) is 8.03. The molecule has 1 heterocycles. The number of nitrogens with one attached hydrogen (secondary N) is 1. The van der Waals surface area contributed by atoms with Crippen LogP contribution in [0.4, 0.5) is 11.4 Å². The van der Waals surface area contributed by atoms with Crippen molar-refractivity contribution < 1.29 is 14.3 Å². The van der Waals surface area contributed by atoms with Crippen LogP contribution in [0.1, 0.15) is 11.1 Å². The Bertz CT molecular complexity index is 702. The molecule has 132 valence electrons. The SMILES string of the molecule is Cc1cc(C)cc(OCC(=O)Nc2ccc(N3CCOCC3)cc2)c1. The van der Waals surface area contributed by atoms with Crippen molar-refractivity contribution in [2.24, 2.45) is 0 Å². The Morgan fingerprint density at radius 2 is 1.72 bits per heavy atom. The summed E-state index contributed by atoms with van der Waals surface area (Å²) in [6.45, 7) is 7.33. The van der Waals surface area contributed by atoms with Crippen LogP contribution < -0.4 is 15.0 Å². The van der Waals surface area contributed by atoms with E-state index in [2.05, 4.69) is 16.3 Å². The number of carbonyl (C=O) groups is 1. The summed E-state index contributed by atoms with van der Waals surface area (Å²) in [4.78, 5) is 14.4. The minimum Gasteiger partial charge on any atom is -0.484 e. The maximum atomic E-state index is 12.1. The predicted molar refractivity (Wildman–Crippen MR) is 99.5 cm³/mol. The summed E-state index contributed by atoms with van der Waals surface area (Å²) in [5, 5.41) is 2.86. The summed E-state index contributed by atoms with van der Waals surface area (Å²) in [6, 6.07) is 13.8. The van der Waals surface area contributed by atoms with Gasteiger partial charge in [0.1, 0.15) is 5.75 Å². The van der Waals surface area contributed by atoms with E-state index in [9.17, 15) is 4.79 Å². The molecule has 25 heavy (non-hydrogen) atoms. The molecule has 1 saturated heterocycles. The number of nitrogens with zero attached hydrogens (tertiary/aromatic N) is 1. The van der Waals surface area contributed by atoms with Gasteiger partial charge in [0.15, 0.2) is 6.61 Å². The van der Waals surface area contributed by atoms with Gasteiger partial charge < -0.3 is 19.7 Å². The Morgan fingerprint density at radius 3 is 2.36 bits per heavy atom. The molecule has 2 aromatic rings. The number of hydrogen-bond donors (Lipinski definition) is 1. The van der Waals surface area contributed by atoms with Crippen molar-refractivity contribution in [3.63, 3.8) is 0 Å². The van der Waals surface area contributed by atoms with Crippen LogP contribution in [0.15, 0.2) is 42.5 Å². The molecule has 1 aliphatic rings. The molecule has 5 heteroatoms. The van der Waals surface area contributed by atoms with E-state index in [4.69, 9.17) is 9.47 Å². The summed E-state index contributed by atoms with van der Waals surface area (Å²) in [5.74, 6) is 0.550. The third-order valence-corrected chi connectivity index (χ3v) is 4.09. The van der Waals surface area contributed by atoms with Crippen molar-refractivity contribution in [3.05, 3.63) is 53.6 Å². The molecule has 0 aliphatic carbocycles. The first-order chi connectivity index (χ1) is 12.1. The molecule has 1 aliphatic heterocycles. The summed E-state index contributed by atoms with van der Waals surface area (Å²) in [7, 11) is 0. The minimum absolute atomic E-state index is 0.00584. The summed E-state index contributed by atoms with van der Waals surface area (Å²) in [6.07, 6.45) is 0. The van der Waals surface area contributed by atoms with Gasteiger partial charge in [-0.15, -0.1) is 0 Å². The quantitative estimate of drug-likeness (QED) is 0.908. The maximum Gasteiger partial charge on any atom is 0.262 e. The zero-order valence-corrected chi connectivity index (χ0v) is 14.7. The van der Waals surface area contributed by atoms with Gasteiger partial charge >= 0.3 is 0 Å². The van der Waals surface area contributed by atoms with Crippen LogP contribution in [-0.2, 0) is 9.53 Å². The van der Waals surface area contributed by atoms with Crippen LogP contribution in [0.5, 0.6) is 5.75 Å². The lowest BCUT2D eigenvalue weighted by Gasteiger charge is -2.28. The first-order valence-electron chi connectivity index (χ1n) is 8.54. The lowest BCUT2D eigenvalue weighted by Crippen LogP contribution is -2.36. The van der Waals surface area contributed by atoms with Crippen molar-refractivity contribution in [2.75, 3.05) is 43.1 Å². The van der Waals surface area contributed by atoms with Crippen LogP contribution >= 0.6 is 0 Å². The lowest BCUT2D eigenvalue weighted by atomic mass is 10.1. The Balaban J connectivity index is 1.52. The number of benzene rings is 2. The molecular weight excluding hydrogens is 316 g/mol. The topological polar surface area (TPSA) is 50.8 Å². The Morgan fingerprint density at radius 1 is 1.08 bits per heavy atom. The number of morpholine rings is 1. The number of rotatable bonds is 5. The van der Waals surface area contributed by atoms with Crippen LogP contribution in [0, 0.1) is 13.8 Å². The highest BCUT2D eigenvalue weighted by Gasteiger charge is 2.11. The highest BCUT2D eigenvalue weighted by atomic mass is 16.5. The highest BCUT2D eigenvalue weighted by Crippen LogP contribution is 2.19. The third-order valence-electron chi connectivity index (χ3n) is 4.09. The van der Waals surface area contributed by atoms with Gasteiger partial charge in [0, 0.05) is 24.5 Å². The molecule has 0 radical (unpaired) electrons. The molecule has 0 spiro atoms. The monoisotopic (exact) mass is 340 g/mol. The molecule has 5 nitrogen and oxygen atoms in total. The first-order valence-corrected chi connectivity index (χ1v) is 8.54. The second-order valence-electron chi connectivity index (χ2n) is 6.31. The van der Waals surface area contributed by atoms with Crippen LogP contribution in [0.3, 0.4) is 0 Å². The Kier molecular flexibility index (Phi) is 5.56. The maximum absolute atomic E-state index is 12.1. The Hall–Kier alpha value is -2.53. The molecule has 0 unspecified atom stereocenters. The second-order valence-corrected chi connectivity index (χ2v) is 6.31. The van der Waals surface area contributed by atoms with E-state index in [1.165, 1.54) is 0 Å². The molecule has 0 atom stereocenters. The zero-order chi connectivity index (χ0) is 17.6.